The maximum Gasteiger partial charge on any atom is 0.0933 e. The molecule has 1 unspecified atom stereocenters. The molecule has 0 amide bonds. The zero-order valence-corrected chi connectivity index (χ0v) is 12.7. The van der Waals surface area contributed by atoms with Gasteiger partial charge < -0.3 is 4.74 Å². The third-order valence-corrected chi connectivity index (χ3v) is 5.21. The van der Waals surface area contributed by atoms with E-state index in [9.17, 15) is 0 Å². The Bertz CT molecular complexity index is 401. The maximum absolute atomic E-state index is 6.09. The van der Waals surface area contributed by atoms with Gasteiger partial charge in [-0.2, -0.15) is 17.2 Å². The van der Waals surface area contributed by atoms with Crippen molar-refractivity contribution in [1.82, 2.24) is 5.48 Å². The van der Waals surface area contributed by atoms with Gasteiger partial charge in [-0.3, -0.25) is 4.84 Å². The summed E-state index contributed by atoms with van der Waals surface area (Å²) in [4.78, 5) is 5.68. The second-order valence-electron chi connectivity index (χ2n) is 5.73. The fraction of sp³-hybridized carbons (Fsp3) is 0.625. The lowest BCUT2D eigenvalue weighted by molar-refractivity contribution is -0.118. The Balaban J connectivity index is 1.45. The number of nitrogens with one attached hydrogen (secondary N) is 1. The van der Waals surface area contributed by atoms with Crippen molar-refractivity contribution >= 4 is 11.8 Å². The van der Waals surface area contributed by atoms with Crippen LogP contribution in [0.3, 0.4) is 0 Å². The van der Waals surface area contributed by atoms with Gasteiger partial charge in [-0.25, -0.2) is 0 Å². The molecule has 1 spiro atoms. The molecule has 3 nitrogen and oxygen atoms in total. The minimum atomic E-state index is 0.122. The van der Waals surface area contributed by atoms with Gasteiger partial charge in [-0.1, -0.05) is 30.3 Å². The molecule has 1 atom stereocenters. The summed E-state index contributed by atoms with van der Waals surface area (Å²) < 4.78 is 6.09. The molecule has 0 saturated carbocycles. The maximum atomic E-state index is 6.09. The van der Waals surface area contributed by atoms with Gasteiger partial charge in [0.25, 0.3) is 0 Å². The lowest BCUT2D eigenvalue weighted by Gasteiger charge is -2.43. The minimum absolute atomic E-state index is 0.122. The standard InChI is InChI=1S/C16H23NO2S/c1-2-4-14(5-3-1)13-19-17-15-6-9-18-16(12-15)7-10-20-11-8-16/h1-5,15,17H,6-13H2. The van der Waals surface area contributed by atoms with Crippen molar-refractivity contribution < 1.29 is 9.57 Å². The predicted octanol–water partition coefficient (Wildman–Crippen LogP) is 3.15. The van der Waals surface area contributed by atoms with Crippen LogP contribution in [-0.2, 0) is 16.2 Å². The molecule has 4 heteroatoms. The van der Waals surface area contributed by atoms with Crippen molar-refractivity contribution in [3.8, 4) is 0 Å². The highest BCUT2D eigenvalue weighted by Gasteiger charge is 2.38. The highest BCUT2D eigenvalue weighted by molar-refractivity contribution is 7.99. The molecule has 2 heterocycles. The highest BCUT2D eigenvalue weighted by atomic mass is 32.2. The van der Waals surface area contributed by atoms with E-state index in [1.807, 2.05) is 30.0 Å². The average molecular weight is 293 g/mol. The Kier molecular flexibility index (Phi) is 4.99. The minimum Gasteiger partial charge on any atom is -0.375 e. The number of hydroxylamine groups is 1. The molecule has 2 aliphatic rings. The van der Waals surface area contributed by atoms with Crippen molar-refractivity contribution in [2.24, 2.45) is 0 Å². The van der Waals surface area contributed by atoms with Gasteiger partial charge >= 0.3 is 0 Å². The van der Waals surface area contributed by atoms with Gasteiger partial charge in [-0.15, -0.1) is 0 Å². The predicted molar refractivity (Wildman–Crippen MR) is 82.6 cm³/mol. The average Bonchev–Trinajstić information content (AvgIpc) is 2.49. The van der Waals surface area contributed by atoms with Crippen LogP contribution < -0.4 is 5.48 Å². The van der Waals surface area contributed by atoms with Crippen LogP contribution in [0.1, 0.15) is 31.2 Å². The van der Waals surface area contributed by atoms with E-state index in [0.717, 1.165) is 19.4 Å². The van der Waals surface area contributed by atoms with Crippen LogP contribution in [0, 0.1) is 0 Å². The van der Waals surface area contributed by atoms with Crippen molar-refractivity contribution in [3.05, 3.63) is 35.9 Å². The van der Waals surface area contributed by atoms with Crippen molar-refractivity contribution in [2.45, 2.75) is 43.9 Å². The highest BCUT2D eigenvalue weighted by Crippen LogP contribution is 2.37. The smallest absolute Gasteiger partial charge is 0.0933 e. The summed E-state index contributed by atoms with van der Waals surface area (Å²) in [5.41, 5.74) is 4.58. The Morgan fingerprint density at radius 3 is 2.85 bits per heavy atom. The Morgan fingerprint density at radius 2 is 2.05 bits per heavy atom. The third-order valence-electron chi connectivity index (χ3n) is 4.23. The molecule has 0 radical (unpaired) electrons. The molecular formula is C16H23NO2S. The Hall–Kier alpha value is -0.550. The number of hydrogen-bond donors (Lipinski definition) is 1. The zero-order chi connectivity index (χ0) is 13.7. The summed E-state index contributed by atoms with van der Waals surface area (Å²) in [6.45, 7) is 1.48. The van der Waals surface area contributed by atoms with Gasteiger partial charge in [0, 0.05) is 12.6 Å². The van der Waals surface area contributed by atoms with E-state index in [1.165, 1.54) is 29.9 Å². The summed E-state index contributed by atoms with van der Waals surface area (Å²) in [7, 11) is 0. The first-order chi connectivity index (χ1) is 9.86. The molecular weight excluding hydrogens is 270 g/mol. The molecule has 0 aromatic heterocycles. The van der Waals surface area contributed by atoms with Crippen molar-refractivity contribution in [3.63, 3.8) is 0 Å². The first-order valence-corrected chi connectivity index (χ1v) is 8.65. The van der Waals surface area contributed by atoms with E-state index < -0.39 is 0 Å². The zero-order valence-electron chi connectivity index (χ0n) is 11.8. The number of thioether (sulfide) groups is 1. The lowest BCUT2D eigenvalue weighted by atomic mass is 9.86. The summed E-state index contributed by atoms with van der Waals surface area (Å²) in [5, 5.41) is 0. The van der Waals surface area contributed by atoms with E-state index in [1.54, 1.807) is 0 Å². The van der Waals surface area contributed by atoms with E-state index in [0.29, 0.717) is 12.6 Å². The van der Waals surface area contributed by atoms with E-state index in [-0.39, 0.29) is 5.60 Å². The number of hydrogen-bond acceptors (Lipinski definition) is 4. The first kappa shape index (κ1) is 14.4. The summed E-state index contributed by atoms with van der Waals surface area (Å²) in [5.74, 6) is 2.47. The molecule has 1 N–H and O–H groups in total. The molecule has 110 valence electrons. The van der Waals surface area contributed by atoms with Crippen LogP contribution in [0.25, 0.3) is 0 Å². The number of benzene rings is 1. The summed E-state index contributed by atoms with van der Waals surface area (Å²) in [6, 6.07) is 10.7. The summed E-state index contributed by atoms with van der Waals surface area (Å²) >= 11 is 2.05. The molecule has 1 aromatic rings. The van der Waals surface area contributed by atoms with Gasteiger partial charge in [0.05, 0.1) is 12.2 Å². The second kappa shape index (κ2) is 6.94. The van der Waals surface area contributed by atoms with Gasteiger partial charge in [0.15, 0.2) is 0 Å². The number of ether oxygens (including phenoxy) is 1. The topological polar surface area (TPSA) is 30.5 Å². The van der Waals surface area contributed by atoms with Gasteiger partial charge in [0.1, 0.15) is 0 Å². The fourth-order valence-electron chi connectivity index (χ4n) is 3.04. The normalized spacial score (nSPS) is 25.7. The third kappa shape index (κ3) is 3.76. The molecule has 3 rings (SSSR count). The molecule has 2 aliphatic heterocycles. The first-order valence-electron chi connectivity index (χ1n) is 7.49. The van der Waals surface area contributed by atoms with E-state index in [2.05, 4.69) is 17.6 Å². The quantitative estimate of drug-likeness (QED) is 0.864. The second-order valence-corrected chi connectivity index (χ2v) is 6.95. The number of rotatable bonds is 4. The van der Waals surface area contributed by atoms with Crippen LogP contribution >= 0.6 is 11.8 Å². The van der Waals surface area contributed by atoms with Crippen LogP contribution in [-0.4, -0.2) is 29.8 Å². The summed E-state index contributed by atoms with van der Waals surface area (Å²) in [6.07, 6.45) is 4.51. The van der Waals surface area contributed by atoms with Gasteiger partial charge in [0.2, 0.25) is 0 Å². The Labute approximate surface area is 125 Å². The van der Waals surface area contributed by atoms with Gasteiger partial charge in [-0.05, 0) is 42.8 Å². The molecule has 2 fully saturated rings. The molecule has 2 saturated heterocycles. The van der Waals surface area contributed by atoms with E-state index >= 15 is 0 Å². The van der Waals surface area contributed by atoms with E-state index in [4.69, 9.17) is 9.57 Å². The fourth-order valence-corrected chi connectivity index (χ4v) is 4.27. The molecule has 1 aromatic carbocycles. The SMILES string of the molecule is c1ccc(CONC2CCOC3(CCSCC3)C2)cc1. The van der Waals surface area contributed by atoms with Crippen LogP contribution in [0.2, 0.25) is 0 Å². The van der Waals surface area contributed by atoms with Crippen LogP contribution in [0.4, 0.5) is 0 Å². The molecule has 20 heavy (non-hydrogen) atoms. The molecule has 0 bridgehead atoms. The Morgan fingerprint density at radius 1 is 1.25 bits per heavy atom. The van der Waals surface area contributed by atoms with Crippen LogP contribution in [0.5, 0.6) is 0 Å². The monoisotopic (exact) mass is 293 g/mol. The van der Waals surface area contributed by atoms with Crippen molar-refractivity contribution in [2.75, 3.05) is 18.1 Å². The van der Waals surface area contributed by atoms with Crippen LogP contribution in [0.15, 0.2) is 30.3 Å². The van der Waals surface area contributed by atoms with Crippen molar-refractivity contribution in [1.29, 1.82) is 0 Å². The lowest BCUT2D eigenvalue weighted by Crippen LogP contribution is -2.48. The largest absolute Gasteiger partial charge is 0.375 e. The molecule has 0 aliphatic carbocycles.